The molecule has 0 radical (unpaired) electrons. The second-order valence-corrected chi connectivity index (χ2v) is 5.36. The first kappa shape index (κ1) is 13.7. The first-order valence-corrected chi connectivity index (χ1v) is 7.56. The van der Waals surface area contributed by atoms with Crippen LogP contribution in [0.5, 0.6) is 0 Å². The van der Waals surface area contributed by atoms with Crippen molar-refractivity contribution in [2.75, 3.05) is 0 Å². The molecule has 0 aliphatic carbocycles. The van der Waals surface area contributed by atoms with Crippen LogP contribution in [-0.4, -0.2) is 10.8 Å². The van der Waals surface area contributed by atoms with E-state index in [0.29, 0.717) is 0 Å². The molecule has 1 aliphatic rings. The van der Waals surface area contributed by atoms with Crippen molar-refractivity contribution >= 4 is 5.84 Å². The van der Waals surface area contributed by atoms with Crippen LogP contribution in [0.2, 0.25) is 0 Å². The van der Waals surface area contributed by atoms with Crippen molar-refractivity contribution in [1.82, 2.24) is 15.8 Å². The molecule has 4 nitrogen and oxygen atoms in total. The van der Waals surface area contributed by atoms with Crippen LogP contribution in [0, 0.1) is 0 Å². The van der Waals surface area contributed by atoms with Gasteiger partial charge in [0.2, 0.25) is 0 Å². The Bertz CT molecular complexity index is 828. The van der Waals surface area contributed by atoms with E-state index in [1.54, 1.807) is 0 Å². The minimum Gasteiger partial charge on any atom is -0.302 e. The average molecular weight is 300 g/mol. The lowest BCUT2D eigenvalue weighted by Gasteiger charge is -2.06. The summed E-state index contributed by atoms with van der Waals surface area (Å²) in [6, 6.07) is 24.5. The van der Waals surface area contributed by atoms with Gasteiger partial charge in [0.15, 0.2) is 5.84 Å². The molecule has 23 heavy (non-hydrogen) atoms. The van der Waals surface area contributed by atoms with E-state index in [9.17, 15) is 0 Å². The zero-order chi connectivity index (χ0) is 15.5. The van der Waals surface area contributed by atoms with Gasteiger partial charge in [-0.05, 0) is 28.8 Å². The molecule has 1 aliphatic heterocycles. The van der Waals surface area contributed by atoms with Crippen molar-refractivity contribution in [3.63, 3.8) is 0 Å². The second kappa shape index (κ2) is 6.02. The molecule has 3 aromatic rings. The van der Waals surface area contributed by atoms with E-state index in [-0.39, 0.29) is 6.17 Å². The van der Waals surface area contributed by atoms with E-state index >= 15 is 0 Å². The van der Waals surface area contributed by atoms with Gasteiger partial charge in [0.05, 0.1) is 0 Å². The zero-order valence-electron chi connectivity index (χ0n) is 12.5. The third-order valence-electron chi connectivity index (χ3n) is 3.81. The molecule has 2 aromatic carbocycles. The number of hydrazine groups is 1. The summed E-state index contributed by atoms with van der Waals surface area (Å²) in [6.07, 6.45) is 1.73. The summed E-state index contributed by atoms with van der Waals surface area (Å²) >= 11 is 0. The third-order valence-corrected chi connectivity index (χ3v) is 3.81. The van der Waals surface area contributed by atoms with Crippen molar-refractivity contribution in [3.05, 3.63) is 90.3 Å². The summed E-state index contributed by atoms with van der Waals surface area (Å²) < 4.78 is 0. The first-order chi connectivity index (χ1) is 11.4. The van der Waals surface area contributed by atoms with Crippen LogP contribution in [-0.2, 0) is 0 Å². The third kappa shape index (κ3) is 2.84. The normalized spacial score (nSPS) is 16.7. The van der Waals surface area contributed by atoms with Crippen LogP contribution in [0.1, 0.15) is 17.4 Å². The van der Waals surface area contributed by atoms with Crippen LogP contribution in [0.25, 0.3) is 11.1 Å². The second-order valence-electron chi connectivity index (χ2n) is 5.36. The predicted molar refractivity (Wildman–Crippen MR) is 91.7 cm³/mol. The molecule has 1 aromatic heterocycles. The molecule has 2 heterocycles. The molecule has 4 rings (SSSR count). The van der Waals surface area contributed by atoms with E-state index in [1.807, 2.05) is 48.7 Å². The van der Waals surface area contributed by atoms with Crippen LogP contribution in [0.15, 0.2) is 84.0 Å². The highest BCUT2D eigenvalue weighted by Crippen LogP contribution is 2.21. The lowest BCUT2D eigenvalue weighted by atomic mass is 10.1. The maximum Gasteiger partial charge on any atom is 0.163 e. The van der Waals surface area contributed by atoms with E-state index < -0.39 is 0 Å². The van der Waals surface area contributed by atoms with Gasteiger partial charge in [0.25, 0.3) is 0 Å². The molecule has 0 spiro atoms. The van der Waals surface area contributed by atoms with Gasteiger partial charge in [-0.25, -0.2) is 10.4 Å². The molecule has 0 saturated carbocycles. The van der Waals surface area contributed by atoms with E-state index in [0.717, 1.165) is 22.7 Å². The topological polar surface area (TPSA) is 49.3 Å². The van der Waals surface area contributed by atoms with Gasteiger partial charge in [-0.15, -0.1) is 0 Å². The van der Waals surface area contributed by atoms with Gasteiger partial charge in [0.1, 0.15) is 11.9 Å². The van der Waals surface area contributed by atoms with Crippen molar-refractivity contribution in [2.24, 2.45) is 4.99 Å². The standard InChI is InChI=1S/C19H16N4/c1-3-7-14(8-4-1)16-11-12-20-17(13-16)19-21-18(22-23-19)15-9-5-2-6-10-15/h1-13,18,22H,(H,21,23). The summed E-state index contributed by atoms with van der Waals surface area (Å²) in [5, 5.41) is 0. The fourth-order valence-electron chi connectivity index (χ4n) is 2.62. The number of pyridine rings is 1. The summed E-state index contributed by atoms with van der Waals surface area (Å²) in [7, 11) is 0. The molecule has 1 unspecified atom stereocenters. The highest BCUT2D eigenvalue weighted by atomic mass is 15.5. The molecular weight excluding hydrogens is 284 g/mol. The van der Waals surface area contributed by atoms with E-state index in [1.165, 1.54) is 5.56 Å². The number of hydrogen-bond acceptors (Lipinski definition) is 4. The van der Waals surface area contributed by atoms with Gasteiger partial charge in [-0.3, -0.25) is 4.98 Å². The Morgan fingerprint density at radius 3 is 2.30 bits per heavy atom. The number of nitrogens with zero attached hydrogens (tertiary/aromatic N) is 2. The highest BCUT2D eigenvalue weighted by Gasteiger charge is 2.19. The number of aromatic nitrogens is 1. The summed E-state index contributed by atoms with van der Waals surface area (Å²) in [5.41, 5.74) is 10.6. The lowest BCUT2D eigenvalue weighted by molar-refractivity contribution is 0.575. The molecular formula is C19H16N4. The fraction of sp³-hybridized carbons (Fsp3) is 0.0526. The van der Waals surface area contributed by atoms with Gasteiger partial charge in [-0.1, -0.05) is 60.7 Å². The van der Waals surface area contributed by atoms with Gasteiger partial charge < -0.3 is 5.43 Å². The summed E-state index contributed by atoms with van der Waals surface area (Å²) in [4.78, 5) is 9.14. The van der Waals surface area contributed by atoms with Crippen LogP contribution < -0.4 is 10.9 Å². The van der Waals surface area contributed by atoms with Gasteiger partial charge in [0, 0.05) is 6.20 Å². The Morgan fingerprint density at radius 2 is 1.52 bits per heavy atom. The SMILES string of the molecule is c1ccc(-c2ccnc(C3=NC(c4ccccc4)NN3)c2)cc1. The predicted octanol–water partition coefficient (Wildman–Crippen LogP) is 3.30. The molecule has 0 fully saturated rings. The number of nitrogens with one attached hydrogen (secondary N) is 2. The molecule has 112 valence electrons. The number of amidine groups is 1. The smallest absolute Gasteiger partial charge is 0.163 e. The Balaban J connectivity index is 1.64. The van der Waals surface area contributed by atoms with Crippen molar-refractivity contribution in [3.8, 4) is 11.1 Å². The first-order valence-electron chi connectivity index (χ1n) is 7.56. The largest absolute Gasteiger partial charge is 0.302 e. The van der Waals surface area contributed by atoms with Crippen molar-refractivity contribution in [2.45, 2.75) is 6.17 Å². The molecule has 0 amide bonds. The van der Waals surface area contributed by atoms with Crippen molar-refractivity contribution in [1.29, 1.82) is 0 Å². The molecule has 2 N–H and O–H groups in total. The highest BCUT2D eigenvalue weighted by molar-refractivity contribution is 5.98. The Hall–Kier alpha value is -2.98. The minimum absolute atomic E-state index is 0.0895. The number of rotatable bonds is 3. The van der Waals surface area contributed by atoms with E-state index in [2.05, 4.69) is 46.2 Å². The average Bonchev–Trinajstić information content (AvgIpc) is 3.14. The quantitative estimate of drug-likeness (QED) is 0.780. The Labute approximate surface area is 134 Å². The summed E-state index contributed by atoms with van der Waals surface area (Å²) in [6.45, 7) is 0. The molecule has 0 bridgehead atoms. The monoisotopic (exact) mass is 300 g/mol. The number of hydrogen-bond donors (Lipinski definition) is 2. The van der Waals surface area contributed by atoms with E-state index in [4.69, 9.17) is 4.99 Å². The lowest BCUT2D eigenvalue weighted by Crippen LogP contribution is -2.32. The van der Waals surface area contributed by atoms with Crippen LogP contribution in [0.4, 0.5) is 0 Å². The van der Waals surface area contributed by atoms with Crippen LogP contribution in [0.3, 0.4) is 0 Å². The number of aliphatic imine (C=N–C) groups is 1. The maximum absolute atomic E-state index is 4.70. The Kier molecular flexibility index (Phi) is 3.58. The van der Waals surface area contributed by atoms with Gasteiger partial charge >= 0.3 is 0 Å². The van der Waals surface area contributed by atoms with Gasteiger partial charge in [-0.2, -0.15) is 0 Å². The molecule has 4 heteroatoms. The number of benzene rings is 2. The molecule has 1 atom stereocenters. The van der Waals surface area contributed by atoms with Crippen molar-refractivity contribution < 1.29 is 0 Å². The minimum atomic E-state index is -0.0895. The fourth-order valence-corrected chi connectivity index (χ4v) is 2.62. The van der Waals surface area contributed by atoms with Crippen LogP contribution >= 0.6 is 0 Å². The maximum atomic E-state index is 4.70. The zero-order valence-corrected chi connectivity index (χ0v) is 12.5. The molecule has 0 saturated heterocycles. The summed E-state index contributed by atoms with van der Waals surface area (Å²) in [5.74, 6) is 0.761. The Morgan fingerprint density at radius 1 is 0.783 bits per heavy atom.